The van der Waals surface area contributed by atoms with Crippen molar-refractivity contribution in [3.63, 3.8) is 0 Å². The number of fused-ring (bicyclic) bond motifs is 3. The normalized spacial score (nSPS) is 31.9. The lowest BCUT2D eigenvalue weighted by Crippen LogP contribution is -2.37. The number of aliphatic hydroxyl groups excluding tert-OH is 5. The zero-order chi connectivity index (χ0) is 44.5. The largest absolute Gasteiger partial charge is 0.472 e. The zero-order valence-electron chi connectivity index (χ0n) is 31.8. The number of hydrogen-bond donors (Lipinski definition) is 10. The molecule has 0 bridgehead atoms. The summed E-state index contributed by atoms with van der Waals surface area (Å²) in [6.45, 7) is -2.67. The van der Waals surface area contributed by atoms with Gasteiger partial charge in [-0.25, -0.2) is 54.0 Å². The van der Waals surface area contributed by atoms with Crippen LogP contribution in [0, 0.1) is 0 Å². The summed E-state index contributed by atoms with van der Waals surface area (Å²) < 4.78 is 69.3. The molecule has 9 heterocycles. The Kier molecular flexibility index (Phi) is 11.3. The first-order chi connectivity index (χ1) is 30.1. The lowest BCUT2D eigenvalue weighted by atomic mass is 10.1. The van der Waals surface area contributed by atoms with Crippen molar-refractivity contribution in [2.75, 3.05) is 37.0 Å². The molecule has 3 aliphatic heterocycles. The Bertz CT molecular complexity index is 2750. The third-order valence-electron chi connectivity index (χ3n) is 10.4. The van der Waals surface area contributed by atoms with Crippen LogP contribution >= 0.6 is 15.6 Å². The smallest absolute Gasteiger partial charge is 0.394 e. The van der Waals surface area contributed by atoms with Crippen LogP contribution in [0.15, 0.2) is 38.0 Å². The van der Waals surface area contributed by atoms with Gasteiger partial charge in [0.15, 0.2) is 53.1 Å². The Balaban J connectivity index is 0.910. The highest BCUT2D eigenvalue weighted by Crippen LogP contribution is 2.52. The van der Waals surface area contributed by atoms with Crippen molar-refractivity contribution >= 4 is 66.6 Å². The number of phosphoric ester groups is 2. The maximum absolute atomic E-state index is 13.5. The third kappa shape index (κ3) is 7.86. The van der Waals surface area contributed by atoms with E-state index in [4.69, 9.17) is 49.5 Å². The van der Waals surface area contributed by atoms with Crippen LogP contribution in [0.2, 0.25) is 0 Å². The standard InChI is InChI=1S/C30H37N15O16P2/c31-22-13-25(37-4-34-22)43(7-40-13)28-17(48)16(47)11(58-28)2-55-62(51,52)61-21-12(59-30(19(21)50)45-9-42-15-24(33)36-6-39-27(15)45)3-56-63(53,54)60-20-10(1-46)57-29(18(20)49)44-8-41-14-23(32)35-5-38-26(14)44/h4-12,16-21,28-30,46-50H,1-3H2,(H,51,52)(H,53,54)(H2,31,34,37)(H2,32,35,38)(H2,33,36,39). The third-order valence-corrected chi connectivity index (χ3v) is 12.4. The molecule has 63 heavy (non-hydrogen) atoms. The van der Waals surface area contributed by atoms with Gasteiger partial charge in [0.1, 0.15) is 90.5 Å². The molecule has 0 radical (unpaired) electrons. The second-order valence-electron chi connectivity index (χ2n) is 14.3. The monoisotopic (exact) mass is 925 g/mol. The molecular formula is C30H37N15O16P2. The topological polar surface area (TPSA) is 449 Å². The molecule has 0 spiro atoms. The molecule has 9 rings (SSSR count). The zero-order valence-corrected chi connectivity index (χ0v) is 33.6. The number of ether oxygens (including phenoxy) is 3. The van der Waals surface area contributed by atoms with E-state index in [0.29, 0.717) is 0 Å². The Morgan fingerprint density at radius 3 is 1.33 bits per heavy atom. The molecule has 0 amide bonds. The average Bonchev–Trinajstić information content (AvgIpc) is 4.11. The first-order valence-electron chi connectivity index (χ1n) is 18.5. The summed E-state index contributed by atoms with van der Waals surface area (Å²) in [4.78, 5) is 58.0. The second kappa shape index (κ2) is 16.5. The van der Waals surface area contributed by atoms with E-state index in [2.05, 4.69) is 44.9 Å². The number of hydrogen-bond acceptors (Lipinski definition) is 26. The van der Waals surface area contributed by atoms with Gasteiger partial charge in [0, 0.05) is 0 Å². The van der Waals surface area contributed by atoms with Gasteiger partial charge in [-0.05, 0) is 0 Å². The number of nitrogens with two attached hydrogens (primary N) is 3. The van der Waals surface area contributed by atoms with Crippen LogP contribution in [0.25, 0.3) is 33.5 Å². The molecule has 3 fully saturated rings. The molecule has 0 saturated carbocycles. The summed E-state index contributed by atoms with van der Waals surface area (Å²) in [7, 11) is -10.6. The van der Waals surface area contributed by atoms with E-state index in [9.17, 15) is 44.4 Å². The number of anilines is 3. The Morgan fingerprint density at radius 2 is 0.905 bits per heavy atom. The summed E-state index contributed by atoms with van der Waals surface area (Å²) >= 11 is 0. The van der Waals surface area contributed by atoms with E-state index < -0.39 is 109 Å². The first kappa shape index (κ1) is 43.2. The second-order valence-corrected chi connectivity index (χ2v) is 17.1. The fraction of sp³-hybridized carbons (Fsp3) is 0.500. The SMILES string of the molecule is Nc1ncnc2c1ncn2C1OC(COP(=O)(O)OC2C(COP(=O)(O)OC3C(CO)OC(n4cnc5c(N)ncnc54)C3O)OC(n3cnc4c(N)ncnc43)C2O)C(O)C1O. The van der Waals surface area contributed by atoms with Gasteiger partial charge in [0.25, 0.3) is 0 Å². The van der Waals surface area contributed by atoms with Gasteiger partial charge in [0.2, 0.25) is 0 Å². The fourth-order valence-electron chi connectivity index (χ4n) is 7.41. The summed E-state index contributed by atoms with van der Waals surface area (Å²) in [6.07, 6.45) is -12.3. The predicted octanol–water partition coefficient (Wildman–Crippen LogP) is -3.61. The van der Waals surface area contributed by atoms with Crippen LogP contribution in [0.4, 0.5) is 17.5 Å². The highest BCUT2D eigenvalue weighted by atomic mass is 31.2. The van der Waals surface area contributed by atoms with Crippen LogP contribution in [-0.4, -0.2) is 169 Å². The van der Waals surface area contributed by atoms with Crippen molar-refractivity contribution in [3.8, 4) is 0 Å². The van der Waals surface area contributed by atoms with Crippen LogP contribution in [0.3, 0.4) is 0 Å². The van der Waals surface area contributed by atoms with E-state index in [0.717, 1.165) is 19.0 Å². The Morgan fingerprint density at radius 1 is 0.540 bits per heavy atom. The number of phosphoric acid groups is 2. The molecule has 6 aromatic heterocycles. The minimum atomic E-state index is -5.32. The molecule has 14 atom stereocenters. The van der Waals surface area contributed by atoms with E-state index in [1.807, 2.05) is 0 Å². The molecule has 31 nitrogen and oxygen atoms in total. The number of rotatable bonds is 14. The van der Waals surface area contributed by atoms with E-state index >= 15 is 0 Å². The van der Waals surface area contributed by atoms with Crippen molar-refractivity contribution < 1.29 is 76.8 Å². The van der Waals surface area contributed by atoms with Crippen molar-refractivity contribution in [2.24, 2.45) is 0 Å². The van der Waals surface area contributed by atoms with E-state index in [-0.39, 0.29) is 50.9 Å². The van der Waals surface area contributed by atoms with Crippen LogP contribution in [0.5, 0.6) is 0 Å². The molecule has 6 aromatic rings. The Hall–Kier alpha value is -5.05. The predicted molar refractivity (Wildman–Crippen MR) is 203 cm³/mol. The van der Waals surface area contributed by atoms with Gasteiger partial charge >= 0.3 is 15.6 Å². The van der Waals surface area contributed by atoms with Crippen LogP contribution in [-0.2, 0) is 41.4 Å². The summed E-state index contributed by atoms with van der Waals surface area (Å²) in [5.74, 6) is 0.0273. The highest BCUT2D eigenvalue weighted by Gasteiger charge is 2.53. The Labute approximate surface area is 350 Å². The fourth-order valence-corrected chi connectivity index (χ4v) is 9.34. The van der Waals surface area contributed by atoms with Crippen molar-refractivity contribution in [1.82, 2.24) is 58.6 Å². The van der Waals surface area contributed by atoms with Crippen molar-refractivity contribution in [3.05, 3.63) is 38.0 Å². The maximum Gasteiger partial charge on any atom is 0.472 e. The summed E-state index contributed by atoms with van der Waals surface area (Å²) in [5.41, 5.74) is 18.4. The lowest BCUT2D eigenvalue weighted by Gasteiger charge is -2.25. The summed E-state index contributed by atoms with van der Waals surface area (Å²) in [5, 5.41) is 54.5. The van der Waals surface area contributed by atoms with Gasteiger partial charge in [-0.15, -0.1) is 0 Å². The molecular weight excluding hydrogens is 888 g/mol. The molecule has 3 saturated heterocycles. The van der Waals surface area contributed by atoms with E-state index in [1.165, 1.54) is 32.7 Å². The van der Waals surface area contributed by atoms with Gasteiger partial charge in [-0.2, -0.15) is 0 Å². The average molecular weight is 926 g/mol. The molecule has 33 heteroatoms. The van der Waals surface area contributed by atoms with E-state index in [1.54, 1.807) is 0 Å². The summed E-state index contributed by atoms with van der Waals surface area (Å²) in [6, 6.07) is 0. The molecule has 0 aliphatic carbocycles. The molecule has 13 N–H and O–H groups in total. The molecule has 338 valence electrons. The minimum Gasteiger partial charge on any atom is -0.394 e. The first-order valence-corrected chi connectivity index (χ1v) is 21.4. The lowest BCUT2D eigenvalue weighted by molar-refractivity contribution is -0.0618. The van der Waals surface area contributed by atoms with Gasteiger partial charge < -0.3 is 66.7 Å². The van der Waals surface area contributed by atoms with Crippen LogP contribution < -0.4 is 17.2 Å². The molecule has 3 aliphatic rings. The number of nitrogen functional groups attached to an aromatic ring is 3. The van der Waals surface area contributed by atoms with Crippen LogP contribution in [0.1, 0.15) is 18.7 Å². The number of aliphatic hydroxyl groups is 5. The maximum atomic E-state index is 13.5. The van der Waals surface area contributed by atoms with Crippen molar-refractivity contribution in [2.45, 2.75) is 73.6 Å². The highest BCUT2D eigenvalue weighted by molar-refractivity contribution is 7.47. The van der Waals surface area contributed by atoms with Gasteiger partial charge in [0.05, 0.1) is 38.8 Å². The molecule has 14 unspecified atom stereocenters. The number of imidazole rings is 3. The van der Waals surface area contributed by atoms with Gasteiger partial charge in [-0.3, -0.25) is 31.8 Å². The quantitative estimate of drug-likeness (QED) is 0.0472. The molecule has 0 aromatic carbocycles. The number of nitrogens with zero attached hydrogens (tertiary/aromatic N) is 12. The number of aromatic nitrogens is 12. The van der Waals surface area contributed by atoms with Crippen molar-refractivity contribution in [1.29, 1.82) is 0 Å². The van der Waals surface area contributed by atoms with Gasteiger partial charge in [-0.1, -0.05) is 0 Å². The minimum absolute atomic E-state index is 0.0236.